The Balaban J connectivity index is 1.87. The van der Waals surface area contributed by atoms with Crippen LogP contribution >= 0.6 is 11.6 Å². The molecule has 0 fully saturated rings. The van der Waals surface area contributed by atoms with Crippen molar-refractivity contribution in [3.63, 3.8) is 0 Å². The van der Waals surface area contributed by atoms with Gasteiger partial charge >= 0.3 is 0 Å². The number of halogens is 2. The van der Waals surface area contributed by atoms with Crippen molar-refractivity contribution in [2.45, 2.75) is 19.4 Å². The third kappa shape index (κ3) is 6.66. The summed E-state index contributed by atoms with van der Waals surface area (Å²) in [5, 5.41) is 16.7. The van der Waals surface area contributed by atoms with Crippen LogP contribution in [-0.4, -0.2) is 61.3 Å². The topological polar surface area (TPSA) is 112 Å². The maximum absolute atomic E-state index is 14.1. The highest BCUT2D eigenvalue weighted by molar-refractivity contribution is 6.31. The minimum absolute atomic E-state index is 0.0752. The molecule has 9 nitrogen and oxygen atoms in total. The number of anilines is 6. The molecule has 3 aromatic rings. The van der Waals surface area contributed by atoms with Gasteiger partial charge in [0.25, 0.3) is 0 Å². The Morgan fingerprint density at radius 1 is 1.11 bits per heavy atom. The molecule has 36 heavy (non-hydrogen) atoms. The van der Waals surface area contributed by atoms with Gasteiger partial charge in [-0.25, -0.2) is 9.37 Å². The van der Waals surface area contributed by atoms with E-state index in [0.717, 1.165) is 18.8 Å². The highest BCUT2D eigenvalue weighted by atomic mass is 35.5. The second-order valence-electron chi connectivity index (χ2n) is 9.22. The molecule has 3 rings (SSSR count). The molecule has 0 saturated heterocycles. The molecule has 0 bridgehead atoms. The monoisotopic (exact) mass is 517 g/mol. The van der Waals surface area contributed by atoms with Gasteiger partial charge in [0, 0.05) is 43.7 Å². The predicted octanol–water partition coefficient (Wildman–Crippen LogP) is 4.57. The minimum atomic E-state index is -1.31. The zero-order valence-corrected chi connectivity index (χ0v) is 22.1. The summed E-state index contributed by atoms with van der Waals surface area (Å²) in [6, 6.07) is 7.90. The average Bonchev–Trinajstić information content (AvgIpc) is 2.79. The van der Waals surface area contributed by atoms with E-state index in [4.69, 9.17) is 22.1 Å². The third-order valence-electron chi connectivity index (χ3n) is 5.53. The van der Waals surface area contributed by atoms with Gasteiger partial charge in [-0.2, -0.15) is 4.98 Å². The van der Waals surface area contributed by atoms with E-state index in [9.17, 15) is 9.50 Å². The van der Waals surface area contributed by atoms with Crippen LogP contribution in [-0.2, 0) is 5.60 Å². The summed E-state index contributed by atoms with van der Waals surface area (Å²) in [5.41, 5.74) is 7.82. The molecule has 0 saturated carbocycles. The molecular formula is C25H33ClFN7O2. The molecule has 0 aliphatic rings. The van der Waals surface area contributed by atoms with Gasteiger partial charge in [-0.3, -0.25) is 0 Å². The van der Waals surface area contributed by atoms with Gasteiger partial charge < -0.3 is 36.0 Å². The maximum atomic E-state index is 14.1. The third-order valence-corrected chi connectivity index (χ3v) is 5.82. The van der Waals surface area contributed by atoms with Crippen molar-refractivity contribution in [2.24, 2.45) is 0 Å². The summed E-state index contributed by atoms with van der Waals surface area (Å²) < 4.78 is 19.6. The first-order valence-corrected chi connectivity index (χ1v) is 11.7. The standard InChI is InChI=1S/C25H33ClFN7O2/c1-25(2,35)15-11-17(27)16(26)12-19(15)30-23-7-8-29-24(32-23)31-20-13-18(28)21(14-22(20)36-6)34(5)10-9-33(3)4/h7-8,11-14,35H,9-10,28H2,1-6H3,(H2,29,30,31,32). The Labute approximate surface area is 216 Å². The summed E-state index contributed by atoms with van der Waals surface area (Å²) in [4.78, 5) is 12.9. The molecule has 194 valence electrons. The summed E-state index contributed by atoms with van der Waals surface area (Å²) in [6.45, 7) is 4.79. The van der Waals surface area contributed by atoms with Gasteiger partial charge in [0.2, 0.25) is 5.95 Å². The van der Waals surface area contributed by atoms with Crippen LogP contribution in [0.1, 0.15) is 19.4 Å². The maximum Gasteiger partial charge on any atom is 0.229 e. The van der Waals surface area contributed by atoms with E-state index >= 15 is 0 Å². The first-order chi connectivity index (χ1) is 16.9. The van der Waals surface area contributed by atoms with Crippen molar-refractivity contribution < 1.29 is 14.2 Å². The van der Waals surface area contributed by atoms with Crippen LogP contribution in [0.15, 0.2) is 36.5 Å². The largest absolute Gasteiger partial charge is 0.494 e. The Morgan fingerprint density at radius 2 is 1.83 bits per heavy atom. The van der Waals surface area contributed by atoms with Crippen LogP contribution in [0.2, 0.25) is 5.02 Å². The summed E-state index contributed by atoms with van der Waals surface area (Å²) in [5.74, 6) is 0.648. The molecule has 0 unspecified atom stereocenters. The lowest BCUT2D eigenvalue weighted by atomic mass is 9.96. The quantitative estimate of drug-likeness (QED) is 0.287. The zero-order valence-electron chi connectivity index (χ0n) is 21.4. The van der Waals surface area contributed by atoms with Crippen LogP contribution < -0.4 is 26.0 Å². The van der Waals surface area contributed by atoms with Crippen LogP contribution in [0.3, 0.4) is 0 Å². The number of methoxy groups -OCH3 is 1. The summed E-state index contributed by atoms with van der Waals surface area (Å²) in [7, 11) is 7.59. The molecule has 0 atom stereocenters. The number of aliphatic hydroxyl groups is 1. The van der Waals surface area contributed by atoms with Gasteiger partial charge in [0.05, 0.1) is 34.8 Å². The molecule has 1 aromatic heterocycles. The van der Waals surface area contributed by atoms with E-state index in [-0.39, 0.29) is 11.0 Å². The van der Waals surface area contributed by atoms with Crippen molar-refractivity contribution in [3.05, 3.63) is 52.9 Å². The predicted molar refractivity (Wildman–Crippen MR) is 144 cm³/mol. The van der Waals surface area contributed by atoms with Crippen LogP contribution in [0, 0.1) is 5.82 Å². The minimum Gasteiger partial charge on any atom is -0.494 e. The van der Waals surface area contributed by atoms with Crippen LogP contribution in [0.4, 0.5) is 38.9 Å². The fraction of sp³-hybridized carbons (Fsp3) is 0.360. The fourth-order valence-electron chi connectivity index (χ4n) is 3.56. The number of nitrogens with one attached hydrogen (secondary N) is 2. The first-order valence-electron chi connectivity index (χ1n) is 11.3. The van der Waals surface area contributed by atoms with Crippen molar-refractivity contribution in [1.29, 1.82) is 0 Å². The molecular weight excluding hydrogens is 485 g/mol. The van der Waals surface area contributed by atoms with Gasteiger partial charge in [-0.1, -0.05) is 11.6 Å². The van der Waals surface area contributed by atoms with Crippen molar-refractivity contribution in [2.75, 3.05) is 62.6 Å². The molecule has 5 N–H and O–H groups in total. The van der Waals surface area contributed by atoms with E-state index < -0.39 is 11.4 Å². The van der Waals surface area contributed by atoms with Crippen molar-refractivity contribution >= 4 is 46.1 Å². The van der Waals surface area contributed by atoms with Crippen LogP contribution in [0.5, 0.6) is 5.75 Å². The SMILES string of the molecule is COc1cc(N(C)CCN(C)C)c(N)cc1Nc1nccc(Nc2cc(Cl)c(F)cc2C(C)(C)O)n1. The second-order valence-corrected chi connectivity index (χ2v) is 9.63. The molecule has 0 amide bonds. The highest BCUT2D eigenvalue weighted by Crippen LogP contribution is 2.37. The first kappa shape index (κ1) is 27.3. The summed E-state index contributed by atoms with van der Waals surface area (Å²) in [6.07, 6.45) is 1.56. The van der Waals surface area contributed by atoms with Gasteiger partial charge in [0.15, 0.2) is 0 Å². The molecule has 0 aliphatic heterocycles. The number of nitrogens with two attached hydrogens (primary N) is 1. The van der Waals surface area contributed by atoms with E-state index in [0.29, 0.717) is 34.2 Å². The lowest BCUT2D eigenvalue weighted by Gasteiger charge is -2.24. The van der Waals surface area contributed by atoms with E-state index in [1.807, 2.05) is 27.2 Å². The second kappa shape index (κ2) is 11.2. The molecule has 0 radical (unpaired) electrons. The smallest absolute Gasteiger partial charge is 0.229 e. The Kier molecular flexibility index (Phi) is 8.44. The fourth-order valence-corrected chi connectivity index (χ4v) is 3.72. The number of hydrogen-bond donors (Lipinski definition) is 4. The van der Waals surface area contributed by atoms with Crippen molar-refractivity contribution in [1.82, 2.24) is 14.9 Å². The molecule has 0 aliphatic carbocycles. The van der Waals surface area contributed by atoms with Crippen molar-refractivity contribution in [3.8, 4) is 5.75 Å². The number of nitrogen functional groups attached to an aromatic ring is 1. The zero-order chi connectivity index (χ0) is 26.6. The average molecular weight is 518 g/mol. The van der Waals surface area contributed by atoms with E-state index in [2.05, 4.69) is 30.4 Å². The number of nitrogens with zero attached hydrogens (tertiary/aromatic N) is 4. The number of benzene rings is 2. The number of ether oxygens (including phenoxy) is 1. The number of aromatic nitrogens is 2. The lowest BCUT2D eigenvalue weighted by molar-refractivity contribution is 0.0790. The normalized spacial score (nSPS) is 11.5. The number of likely N-dealkylation sites (N-methyl/N-ethyl adjacent to an activating group) is 2. The van der Waals surface area contributed by atoms with E-state index in [1.165, 1.54) is 12.1 Å². The van der Waals surface area contributed by atoms with E-state index in [1.54, 1.807) is 39.3 Å². The Hall–Kier alpha value is -3.34. The highest BCUT2D eigenvalue weighted by Gasteiger charge is 2.23. The Bertz CT molecular complexity index is 1220. The molecule has 11 heteroatoms. The lowest BCUT2D eigenvalue weighted by Crippen LogP contribution is -2.29. The molecule has 0 spiro atoms. The van der Waals surface area contributed by atoms with Crippen LogP contribution in [0.25, 0.3) is 0 Å². The summed E-state index contributed by atoms with van der Waals surface area (Å²) >= 11 is 5.99. The van der Waals surface area contributed by atoms with Gasteiger partial charge in [-0.15, -0.1) is 0 Å². The van der Waals surface area contributed by atoms with Gasteiger partial charge in [-0.05, 0) is 52.2 Å². The number of rotatable bonds is 10. The molecule has 1 heterocycles. The Morgan fingerprint density at radius 3 is 2.47 bits per heavy atom. The number of hydrogen-bond acceptors (Lipinski definition) is 9. The molecule has 2 aromatic carbocycles. The van der Waals surface area contributed by atoms with Gasteiger partial charge in [0.1, 0.15) is 17.4 Å².